The molecule has 0 atom stereocenters. The number of halogens is 3. The number of rotatable bonds is 5. The van der Waals surface area contributed by atoms with Crippen LogP contribution in [0.5, 0.6) is 0 Å². The van der Waals surface area contributed by atoms with Crippen LogP contribution < -0.4 is 0 Å². The van der Waals surface area contributed by atoms with Crippen molar-refractivity contribution < 1.29 is 22.7 Å². The molecule has 146 valence electrons. The summed E-state index contributed by atoms with van der Waals surface area (Å²) in [5.41, 5.74) is -0.0735. The van der Waals surface area contributed by atoms with Crippen LogP contribution in [0.2, 0.25) is 0 Å². The Bertz CT molecular complexity index is 912. The Morgan fingerprint density at radius 2 is 1.75 bits per heavy atom. The minimum atomic E-state index is -4.67. The average Bonchev–Trinajstić information content (AvgIpc) is 2.68. The molecule has 2 aromatic carbocycles. The predicted molar refractivity (Wildman–Crippen MR) is 104 cm³/mol. The predicted octanol–water partition coefficient (Wildman–Crippen LogP) is 6.55. The van der Waals surface area contributed by atoms with E-state index in [1.54, 1.807) is 31.2 Å². The first-order valence-electron chi connectivity index (χ1n) is 8.56. The zero-order valence-corrected chi connectivity index (χ0v) is 16.2. The molecule has 0 fully saturated rings. The maximum atomic E-state index is 13.5. The number of allylic oxidation sites excluding steroid dienone is 1. The summed E-state index contributed by atoms with van der Waals surface area (Å²) in [5, 5.41) is 8.92. The van der Waals surface area contributed by atoms with Crippen molar-refractivity contribution in [2.24, 2.45) is 0 Å². The molecule has 0 saturated carbocycles. The highest BCUT2D eigenvalue weighted by atomic mass is 32.2. The zero-order valence-electron chi connectivity index (χ0n) is 15.3. The lowest BCUT2D eigenvalue weighted by Gasteiger charge is -2.17. The van der Waals surface area contributed by atoms with Gasteiger partial charge in [0.1, 0.15) is 11.6 Å². The highest BCUT2D eigenvalue weighted by Gasteiger charge is 2.35. The maximum absolute atomic E-state index is 13.5. The number of nitrogens with zero attached hydrogens (tertiary/aromatic N) is 1. The summed E-state index contributed by atoms with van der Waals surface area (Å²) in [5.74, 6) is -0.00857. The van der Waals surface area contributed by atoms with Crippen LogP contribution in [-0.4, -0.2) is 11.1 Å². The first kappa shape index (κ1) is 21.6. The number of benzene rings is 2. The normalized spacial score (nSPS) is 12.1. The fourth-order valence-corrected chi connectivity index (χ4v) is 2.93. The molecule has 0 spiro atoms. The second-order valence-corrected chi connectivity index (χ2v) is 6.89. The van der Waals surface area contributed by atoms with Gasteiger partial charge in [0.05, 0.1) is 5.56 Å². The molecule has 0 aliphatic heterocycles. The van der Waals surface area contributed by atoms with Gasteiger partial charge in [-0.3, -0.25) is 0 Å². The molecule has 0 radical (unpaired) electrons. The summed E-state index contributed by atoms with van der Waals surface area (Å²) >= 11 is 0.811. The van der Waals surface area contributed by atoms with E-state index in [4.69, 9.17) is 4.74 Å². The van der Waals surface area contributed by atoms with E-state index in [-0.39, 0.29) is 11.1 Å². The van der Waals surface area contributed by atoms with E-state index in [0.717, 1.165) is 29.8 Å². The monoisotopic (exact) mass is 405 g/mol. The highest BCUT2D eigenvalue weighted by Crippen LogP contribution is 2.38. The van der Waals surface area contributed by atoms with Crippen LogP contribution in [0.25, 0.3) is 11.3 Å². The van der Waals surface area contributed by atoms with Crippen molar-refractivity contribution in [3.63, 3.8) is 0 Å². The Hall–Kier alpha value is -2.72. The van der Waals surface area contributed by atoms with Gasteiger partial charge >= 0.3 is 11.5 Å². The topological polar surface area (TPSA) is 50.1 Å². The molecule has 0 aliphatic carbocycles. The second-order valence-electron chi connectivity index (χ2n) is 5.69. The molecule has 0 aliphatic rings. The van der Waals surface area contributed by atoms with Crippen molar-refractivity contribution in [2.75, 3.05) is 5.75 Å². The molecule has 0 N–H and O–H groups in total. The number of nitriles is 1. The minimum absolute atomic E-state index is 0.135. The van der Waals surface area contributed by atoms with Crippen LogP contribution in [0.4, 0.5) is 18.0 Å². The standard InChI is InChI=1S/C21H18F3NO2S/c1-3-14-9-11-15(12-10-14)17(13-25)19(27-20(26)28-4-2)16-7-5-6-8-18(16)21(22,23)24/h5-12H,3-4H2,1-2H3. The molecule has 0 bridgehead atoms. The number of carbonyl (C=O) groups is 1. The lowest BCUT2D eigenvalue weighted by molar-refractivity contribution is -0.137. The van der Waals surface area contributed by atoms with Crippen LogP contribution in [-0.2, 0) is 17.3 Å². The summed E-state index contributed by atoms with van der Waals surface area (Å²) in [4.78, 5) is 12.1. The average molecular weight is 405 g/mol. The zero-order chi connectivity index (χ0) is 20.7. The van der Waals surface area contributed by atoms with Gasteiger partial charge in [0, 0.05) is 11.3 Å². The first-order chi connectivity index (χ1) is 13.3. The number of thioether (sulfide) groups is 1. The largest absolute Gasteiger partial charge is 0.417 e. The fourth-order valence-electron chi connectivity index (χ4n) is 2.55. The molecule has 0 saturated heterocycles. The van der Waals surface area contributed by atoms with E-state index in [9.17, 15) is 23.2 Å². The number of ether oxygens (including phenoxy) is 1. The Kier molecular flexibility index (Phi) is 7.30. The van der Waals surface area contributed by atoms with E-state index < -0.39 is 22.8 Å². The lowest BCUT2D eigenvalue weighted by atomic mass is 9.97. The Morgan fingerprint density at radius 3 is 2.29 bits per heavy atom. The van der Waals surface area contributed by atoms with E-state index in [1.807, 2.05) is 13.0 Å². The third kappa shape index (κ3) is 5.17. The third-order valence-electron chi connectivity index (χ3n) is 3.91. The molecule has 0 aromatic heterocycles. The van der Waals surface area contributed by atoms with Gasteiger partial charge in [-0.05, 0) is 35.4 Å². The van der Waals surface area contributed by atoms with Gasteiger partial charge in [-0.25, -0.2) is 4.79 Å². The number of alkyl halides is 3. The Morgan fingerprint density at radius 1 is 1.11 bits per heavy atom. The maximum Gasteiger partial charge on any atom is 0.417 e. The molecule has 3 nitrogen and oxygen atoms in total. The molecule has 0 amide bonds. The van der Waals surface area contributed by atoms with Crippen molar-refractivity contribution in [1.82, 2.24) is 0 Å². The molecular formula is C21H18F3NO2S. The molecule has 28 heavy (non-hydrogen) atoms. The van der Waals surface area contributed by atoms with Crippen molar-refractivity contribution in [3.05, 3.63) is 70.8 Å². The summed E-state index contributed by atoms with van der Waals surface area (Å²) in [6.45, 7) is 3.68. The van der Waals surface area contributed by atoms with Gasteiger partial charge < -0.3 is 4.74 Å². The van der Waals surface area contributed by atoms with Crippen LogP contribution in [0.3, 0.4) is 0 Å². The second kappa shape index (κ2) is 9.47. The van der Waals surface area contributed by atoms with Gasteiger partial charge in [-0.15, -0.1) is 0 Å². The minimum Gasteiger partial charge on any atom is -0.416 e. The van der Waals surface area contributed by atoms with Gasteiger partial charge in [0.15, 0.2) is 5.76 Å². The lowest BCUT2D eigenvalue weighted by Crippen LogP contribution is -2.11. The molecule has 2 rings (SSSR count). The summed E-state index contributed by atoms with van der Waals surface area (Å²) in [6.07, 6.45) is -3.89. The molecule has 0 unspecified atom stereocenters. The van der Waals surface area contributed by atoms with Gasteiger partial charge in [0.2, 0.25) is 0 Å². The van der Waals surface area contributed by atoms with Crippen LogP contribution >= 0.6 is 11.8 Å². The quantitative estimate of drug-likeness (QED) is 0.245. The SMILES string of the molecule is CCSC(=O)OC(=C(C#N)c1ccc(CC)cc1)c1ccccc1C(F)(F)F. The first-order valence-corrected chi connectivity index (χ1v) is 9.55. The van der Waals surface area contributed by atoms with Crippen LogP contribution in [0.15, 0.2) is 48.5 Å². The van der Waals surface area contributed by atoms with Crippen molar-refractivity contribution in [3.8, 4) is 6.07 Å². The van der Waals surface area contributed by atoms with Gasteiger partial charge in [-0.1, -0.05) is 56.3 Å². The third-order valence-corrected chi connectivity index (χ3v) is 4.52. The molecular weight excluding hydrogens is 387 g/mol. The summed E-state index contributed by atoms with van der Waals surface area (Å²) in [7, 11) is 0. The van der Waals surface area contributed by atoms with Crippen molar-refractivity contribution in [1.29, 1.82) is 5.26 Å². The van der Waals surface area contributed by atoms with Crippen LogP contribution in [0, 0.1) is 11.3 Å². The van der Waals surface area contributed by atoms with Crippen molar-refractivity contribution in [2.45, 2.75) is 26.4 Å². The smallest absolute Gasteiger partial charge is 0.416 e. The summed E-state index contributed by atoms with van der Waals surface area (Å²) < 4.78 is 45.8. The number of aryl methyl sites for hydroxylation is 1. The van der Waals surface area contributed by atoms with E-state index in [2.05, 4.69) is 0 Å². The van der Waals surface area contributed by atoms with E-state index in [0.29, 0.717) is 11.3 Å². The Labute approximate surface area is 165 Å². The Balaban J connectivity index is 2.72. The number of hydrogen-bond donors (Lipinski definition) is 0. The van der Waals surface area contributed by atoms with Gasteiger partial charge in [-0.2, -0.15) is 18.4 Å². The summed E-state index contributed by atoms with van der Waals surface area (Å²) in [6, 6.07) is 13.5. The highest BCUT2D eigenvalue weighted by molar-refractivity contribution is 8.13. The van der Waals surface area contributed by atoms with E-state index in [1.165, 1.54) is 18.2 Å². The number of hydrogen-bond acceptors (Lipinski definition) is 4. The molecule has 2 aromatic rings. The number of carbonyl (C=O) groups excluding carboxylic acids is 1. The van der Waals surface area contributed by atoms with Gasteiger partial charge in [0.25, 0.3) is 0 Å². The van der Waals surface area contributed by atoms with E-state index >= 15 is 0 Å². The fraction of sp³-hybridized carbons (Fsp3) is 0.238. The molecule has 7 heteroatoms. The van der Waals surface area contributed by atoms with Crippen LogP contribution in [0.1, 0.15) is 36.1 Å². The van der Waals surface area contributed by atoms with Crippen molar-refractivity contribution >= 4 is 28.4 Å². The molecule has 0 heterocycles.